The van der Waals surface area contributed by atoms with E-state index in [0.717, 1.165) is 36.4 Å². The number of amides is 1. The molecule has 4 nitrogen and oxygen atoms in total. The van der Waals surface area contributed by atoms with E-state index in [1.165, 1.54) is 19.1 Å². The van der Waals surface area contributed by atoms with E-state index >= 15 is 0 Å². The first kappa shape index (κ1) is 30.5. The lowest BCUT2D eigenvalue weighted by Crippen LogP contribution is -2.50. The van der Waals surface area contributed by atoms with Crippen LogP contribution < -0.4 is 5.32 Å². The third kappa shape index (κ3) is 6.55. The normalized spacial score (nSPS) is 12.7. The van der Waals surface area contributed by atoms with Gasteiger partial charge in [0.1, 0.15) is 16.9 Å². The lowest BCUT2D eigenvalue weighted by Gasteiger charge is -2.35. The minimum Gasteiger partial charge on any atom is -0.335 e. The van der Waals surface area contributed by atoms with Crippen LogP contribution >= 0.6 is 0 Å². The Kier molecular flexibility index (Phi) is 8.07. The van der Waals surface area contributed by atoms with Crippen LogP contribution in [0.3, 0.4) is 0 Å². The van der Waals surface area contributed by atoms with E-state index in [2.05, 4.69) is 15.3 Å². The highest BCUT2D eigenvalue weighted by Gasteiger charge is 2.44. The van der Waals surface area contributed by atoms with Crippen LogP contribution in [0.1, 0.15) is 49.8 Å². The second kappa shape index (κ2) is 11.1. The maximum Gasteiger partial charge on any atom is 0.433 e. The average molecular weight is 597 g/mol. The molecule has 4 aromatic rings. The summed E-state index contributed by atoms with van der Waals surface area (Å²) in [5, 5.41) is 2.42. The zero-order valence-electron chi connectivity index (χ0n) is 21.5. The first-order chi connectivity index (χ1) is 19.5. The highest BCUT2D eigenvalue weighted by Crippen LogP contribution is 2.37. The number of carbonyl (C=O) groups excluding carboxylic acids is 1. The molecule has 2 aromatic heterocycles. The van der Waals surface area contributed by atoms with Crippen molar-refractivity contribution in [3.8, 4) is 0 Å². The molecule has 0 bridgehead atoms. The predicted octanol–water partition coefficient (Wildman–Crippen LogP) is 7.76. The van der Waals surface area contributed by atoms with E-state index < -0.39 is 70.3 Å². The zero-order chi connectivity index (χ0) is 30.9. The molecule has 0 fully saturated rings. The van der Waals surface area contributed by atoms with E-state index in [-0.39, 0.29) is 5.56 Å². The number of aryl methyl sites for hydroxylation is 1. The third-order valence-electron chi connectivity index (χ3n) is 6.40. The van der Waals surface area contributed by atoms with Gasteiger partial charge in [0.05, 0.1) is 17.0 Å². The largest absolute Gasteiger partial charge is 0.433 e. The number of nitrogens with one attached hydrogen (secondary N) is 1. The number of halogens is 9. The molecule has 1 amide bonds. The minimum atomic E-state index is -4.97. The number of aromatic nitrogens is 2. The molecule has 0 saturated heterocycles. The Hall–Kier alpha value is -4.42. The van der Waals surface area contributed by atoms with Crippen molar-refractivity contribution in [1.82, 2.24) is 15.3 Å². The van der Waals surface area contributed by atoms with E-state index in [4.69, 9.17) is 0 Å². The molecule has 2 aromatic carbocycles. The van der Waals surface area contributed by atoms with Crippen molar-refractivity contribution in [3.05, 3.63) is 130 Å². The molecule has 4 rings (SSSR count). The van der Waals surface area contributed by atoms with Crippen molar-refractivity contribution in [3.63, 3.8) is 0 Å². The maximum absolute atomic E-state index is 13.7. The Morgan fingerprint density at radius 1 is 0.643 bits per heavy atom. The van der Waals surface area contributed by atoms with E-state index in [1.54, 1.807) is 18.2 Å². The monoisotopic (exact) mass is 597 g/mol. The highest BCUT2D eigenvalue weighted by molar-refractivity contribution is 5.95. The Bertz CT molecular complexity index is 1520. The maximum atomic E-state index is 13.7. The zero-order valence-corrected chi connectivity index (χ0v) is 21.5. The molecule has 0 atom stereocenters. The van der Waals surface area contributed by atoms with Crippen LogP contribution in [-0.4, -0.2) is 15.9 Å². The quantitative estimate of drug-likeness (QED) is 0.231. The first-order valence-corrected chi connectivity index (χ1v) is 12.1. The molecule has 0 aliphatic rings. The van der Waals surface area contributed by atoms with Crippen molar-refractivity contribution in [2.24, 2.45) is 0 Å². The summed E-state index contributed by atoms with van der Waals surface area (Å²) in [4.78, 5) is 20.9. The average Bonchev–Trinajstić information content (AvgIpc) is 2.92. The number of rotatable bonds is 6. The predicted molar refractivity (Wildman–Crippen MR) is 133 cm³/mol. The molecule has 0 radical (unpaired) electrons. The van der Waals surface area contributed by atoms with Crippen LogP contribution in [0, 0.1) is 6.92 Å². The number of alkyl halides is 9. The molecule has 0 aliphatic heterocycles. The van der Waals surface area contributed by atoms with Gasteiger partial charge in [-0.05, 0) is 54.4 Å². The Morgan fingerprint density at radius 2 is 1.14 bits per heavy atom. The van der Waals surface area contributed by atoms with Crippen molar-refractivity contribution in [1.29, 1.82) is 0 Å². The number of carbonyl (C=O) groups is 1. The van der Waals surface area contributed by atoms with Gasteiger partial charge < -0.3 is 5.32 Å². The van der Waals surface area contributed by atoms with Gasteiger partial charge in [-0.25, -0.2) is 9.97 Å². The first-order valence-electron chi connectivity index (χ1n) is 12.1. The Balaban J connectivity index is 2.00. The number of benzene rings is 2. The van der Waals surface area contributed by atoms with Crippen LogP contribution in [0.15, 0.2) is 84.9 Å². The lowest BCUT2D eigenvalue weighted by atomic mass is 9.82. The van der Waals surface area contributed by atoms with Crippen molar-refractivity contribution in [2.75, 3.05) is 0 Å². The van der Waals surface area contributed by atoms with Gasteiger partial charge in [-0.1, -0.05) is 48.5 Å². The molecule has 42 heavy (non-hydrogen) atoms. The number of pyridine rings is 2. The number of hydrogen-bond donors (Lipinski definition) is 1. The van der Waals surface area contributed by atoms with E-state index in [9.17, 15) is 44.3 Å². The number of nitrogens with zero attached hydrogens (tertiary/aromatic N) is 2. The van der Waals surface area contributed by atoms with Gasteiger partial charge in [-0.2, -0.15) is 39.5 Å². The van der Waals surface area contributed by atoms with Gasteiger partial charge >= 0.3 is 18.5 Å². The summed E-state index contributed by atoms with van der Waals surface area (Å²) in [6, 6.07) is 15.7. The molecular weight excluding hydrogens is 577 g/mol. The lowest BCUT2D eigenvalue weighted by molar-refractivity contribution is -0.141. The molecule has 13 heteroatoms. The standard InChI is InChI=1S/C29H20F9N3O/c1-17-13-14-19(15-20(17)27(30,31)32)25(42)41-26(16-18-7-3-2-4-8-18,21-9-5-11-23(39-21)28(33,34)35)22-10-6-12-24(40-22)29(36,37)38/h2-15H,16H2,1H3,(H,41,42). The van der Waals surface area contributed by atoms with Gasteiger partial charge in [0.25, 0.3) is 5.91 Å². The molecule has 0 spiro atoms. The summed E-state index contributed by atoms with van der Waals surface area (Å²) in [5.41, 5.74) is -7.73. The molecule has 2 heterocycles. The molecule has 220 valence electrons. The smallest absolute Gasteiger partial charge is 0.335 e. The van der Waals surface area contributed by atoms with Gasteiger partial charge in [0, 0.05) is 12.0 Å². The molecule has 0 unspecified atom stereocenters. The van der Waals surface area contributed by atoms with Crippen molar-refractivity contribution < 1.29 is 44.3 Å². The Morgan fingerprint density at radius 3 is 1.62 bits per heavy atom. The van der Waals surface area contributed by atoms with E-state index in [1.807, 2.05) is 0 Å². The second-order valence-electron chi connectivity index (χ2n) is 9.36. The van der Waals surface area contributed by atoms with Crippen molar-refractivity contribution in [2.45, 2.75) is 37.4 Å². The van der Waals surface area contributed by atoms with Gasteiger partial charge in [-0.3, -0.25) is 4.79 Å². The molecular formula is C29H20F9N3O. The van der Waals surface area contributed by atoms with Crippen LogP contribution in [0.2, 0.25) is 0 Å². The molecule has 1 N–H and O–H groups in total. The third-order valence-corrected chi connectivity index (χ3v) is 6.40. The SMILES string of the molecule is Cc1ccc(C(=O)NC(Cc2ccccc2)(c2cccc(C(F)(F)F)n2)c2cccc(C(F)(F)F)n2)cc1C(F)(F)F. The van der Waals surface area contributed by atoms with Gasteiger partial charge in [-0.15, -0.1) is 0 Å². The fraction of sp³-hybridized carbons (Fsp3) is 0.207. The van der Waals surface area contributed by atoms with Crippen molar-refractivity contribution >= 4 is 5.91 Å². The second-order valence-corrected chi connectivity index (χ2v) is 9.36. The van der Waals surface area contributed by atoms with Crippen LogP contribution in [-0.2, 0) is 30.5 Å². The summed E-state index contributed by atoms with van der Waals surface area (Å²) in [6.07, 6.45) is -15.2. The fourth-order valence-electron chi connectivity index (χ4n) is 4.38. The summed E-state index contributed by atoms with van der Waals surface area (Å²) in [7, 11) is 0. The summed E-state index contributed by atoms with van der Waals surface area (Å²) >= 11 is 0. The summed E-state index contributed by atoms with van der Waals surface area (Å²) in [5.74, 6) is -1.21. The highest BCUT2D eigenvalue weighted by atomic mass is 19.4. The fourth-order valence-corrected chi connectivity index (χ4v) is 4.38. The molecule has 0 aliphatic carbocycles. The minimum absolute atomic E-state index is 0.200. The van der Waals surface area contributed by atoms with Crippen LogP contribution in [0.4, 0.5) is 39.5 Å². The summed E-state index contributed by atoms with van der Waals surface area (Å²) < 4.78 is 123. The van der Waals surface area contributed by atoms with Gasteiger partial charge in [0.15, 0.2) is 0 Å². The summed E-state index contributed by atoms with van der Waals surface area (Å²) in [6.45, 7) is 1.17. The topological polar surface area (TPSA) is 54.9 Å². The van der Waals surface area contributed by atoms with Crippen LogP contribution in [0.5, 0.6) is 0 Å². The Labute approximate surface area is 233 Å². The van der Waals surface area contributed by atoms with Gasteiger partial charge in [0.2, 0.25) is 0 Å². The number of hydrogen-bond acceptors (Lipinski definition) is 3. The molecule has 0 saturated carbocycles. The van der Waals surface area contributed by atoms with Crippen LogP contribution in [0.25, 0.3) is 0 Å². The van der Waals surface area contributed by atoms with E-state index in [0.29, 0.717) is 23.8 Å².